The van der Waals surface area contributed by atoms with Crippen LogP contribution in [0.5, 0.6) is 11.5 Å². The first-order valence-corrected chi connectivity index (χ1v) is 12.2. The molecule has 3 rings (SSSR count). The molecule has 9 nitrogen and oxygen atoms in total. The van der Waals surface area contributed by atoms with Crippen molar-refractivity contribution in [2.24, 2.45) is 10.8 Å². The van der Waals surface area contributed by atoms with Crippen LogP contribution >= 0.6 is 0 Å². The van der Waals surface area contributed by atoms with Crippen molar-refractivity contribution in [3.8, 4) is 11.5 Å². The van der Waals surface area contributed by atoms with Crippen LogP contribution < -0.4 is 9.47 Å². The average Bonchev–Trinajstić information content (AvgIpc) is 2.86. The van der Waals surface area contributed by atoms with Gasteiger partial charge in [0.15, 0.2) is 0 Å². The van der Waals surface area contributed by atoms with E-state index in [0.717, 1.165) is 0 Å². The Labute approximate surface area is 223 Å². The Hall–Kier alpha value is -3.43. The largest absolute Gasteiger partial charge is 0.463 e. The van der Waals surface area contributed by atoms with Crippen molar-refractivity contribution in [3.63, 3.8) is 0 Å². The van der Waals surface area contributed by atoms with E-state index in [0.29, 0.717) is 22.1 Å². The summed E-state index contributed by atoms with van der Waals surface area (Å²) in [5.41, 5.74) is -1.22. The van der Waals surface area contributed by atoms with Gasteiger partial charge < -0.3 is 28.4 Å². The molecule has 2 aromatic carbocycles. The molecule has 1 heterocycles. The predicted molar refractivity (Wildman–Crippen MR) is 139 cm³/mol. The lowest BCUT2D eigenvalue weighted by Gasteiger charge is -2.39. The van der Waals surface area contributed by atoms with Crippen LogP contribution in [0.2, 0.25) is 0 Å². The van der Waals surface area contributed by atoms with Crippen LogP contribution in [0, 0.1) is 10.8 Å². The van der Waals surface area contributed by atoms with Gasteiger partial charge in [-0.2, -0.15) is 0 Å². The number of carbonyl (C=O) groups excluding carboxylic acids is 3. The van der Waals surface area contributed by atoms with Crippen molar-refractivity contribution in [1.29, 1.82) is 0 Å². The second-order valence-corrected chi connectivity index (χ2v) is 11.1. The predicted octanol–water partition coefficient (Wildman–Crippen LogP) is 5.03. The van der Waals surface area contributed by atoms with Crippen LogP contribution in [0.15, 0.2) is 42.2 Å². The zero-order valence-corrected chi connectivity index (χ0v) is 23.4. The molecule has 206 valence electrons. The SMILES string of the molecule is COC(=O)C1=C[C@H](OC)C[C@@](OC)(c2ccc3c(OC(=O)C(C)(C)C)cccc3c2OC(=O)C(C)(C)C)O1. The molecule has 0 saturated heterocycles. The Bertz CT molecular complexity index is 1260. The summed E-state index contributed by atoms with van der Waals surface area (Å²) in [6.45, 7) is 10.5. The number of fused-ring (bicyclic) bond motifs is 1. The van der Waals surface area contributed by atoms with E-state index in [2.05, 4.69) is 0 Å². The molecule has 2 atom stereocenters. The van der Waals surface area contributed by atoms with Crippen LogP contribution in [-0.2, 0) is 39.1 Å². The summed E-state index contributed by atoms with van der Waals surface area (Å²) in [7, 11) is 4.16. The molecule has 0 aliphatic carbocycles. The summed E-state index contributed by atoms with van der Waals surface area (Å²) in [6, 6.07) is 8.51. The first kappa shape index (κ1) is 29.1. The zero-order valence-electron chi connectivity index (χ0n) is 23.4. The van der Waals surface area contributed by atoms with Gasteiger partial charge in [-0.15, -0.1) is 0 Å². The molecule has 0 radical (unpaired) electrons. The number of hydrogen-bond donors (Lipinski definition) is 0. The van der Waals surface area contributed by atoms with E-state index in [-0.39, 0.29) is 17.9 Å². The summed E-state index contributed by atoms with van der Waals surface area (Å²) in [5, 5.41) is 1.03. The minimum atomic E-state index is -1.57. The first-order valence-electron chi connectivity index (χ1n) is 12.2. The van der Waals surface area contributed by atoms with Crippen molar-refractivity contribution in [2.75, 3.05) is 21.3 Å². The van der Waals surface area contributed by atoms with Gasteiger partial charge in [-0.05, 0) is 65.8 Å². The highest BCUT2D eigenvalue weighted by Crippen LogP contribution is 2.47. The number of ether oxygens (including phenoxy) is 6. The number of methoxy groups -OCH3 is 3. The van der Waals surface area contributed by atoms with Gasteiger partial charge in [-0.25, -0.2) is 4.79 Å². The fourth-order valence-electron chi connectivity index (χ4n) is 3.81. The number of hydrogen-bond acceptors (Lipinski definition) is 9. The maximum absolute atomic E-state index is 13.1. The molecule has 1 aliphatic heterocycles. The highest BCUT2D eigenvalue weighted by Gasteiger charge is 2.46. The van der Waals surface area contributed by atoms with Crippen molar-refractivity contribution < 1.29 is 42.8 Å². The molecule has 1 aliphatic rings. The maximum atomic E-state index is 13.1. The monoisotopic (exact) mass is 528 g/mol. The highest BCUT2D eigenvalue weighted by atomic mass is 16.7. The van der Waals surface area contributed by atoms with Crippen LogP contribution in [-0.4, -0.2) is 45.3 Å². The van der Waals surface area contributed by atoms with E-state index < -0.39 is 40.6 Å². The minimum absolute atomic E-state index is 0.103. The van der Waals surface area contributed by atoms with Gasteiger partial charge in [-0.1, -0.05) is 12.1 Å². The fraction of sp³-hybridized carbons (Fsp3) is 0.483. The van der Waals surface area contributed by atoms with Crippen molar-refractivity contribution in [1.82, 2.24) is 0 Å². The number of carbonyl (C=O) groups is 3. The molecule has 0 spiro atoms. The third-order valence-electron chi connectivity index (χ3n) is 6.11. The van der Waals surface area contributed by atoms with E-state index in [1.165, 1.54) is 27.4 Å². The molecule has 0 fully saturated rings. The molecular formula is C29H36O9. The summed E-state index contributed by atoms with van der Waals surface area (Å²) in [6.07, 6.45) is 1.08. The first-order chi connectivity index (χ1) is 17.7. The van der Waals surface area contributed by atoms with Crippen LogP contribution in [0.1, 0.15) is 53.5 Å². The Morgan fingerprint density at radius 3 is 2.05 bits per heavy atom. The Balaban J connectivity index is 2.28. The topological polar surface area (TPSA) is 107 Å². The van der Waals surface area contributed by atoms with Gasteiger partial charge in [-0.3, -0.25) is 9.59 Å². The van der Waals surface area contributed by atoms with Gasteiger partial charge in [0.1, 0.15) is 11.5 Å². The molecule has 2 aromatic rings. The van der Waals surface area contributed by atoms with E-state index >= 15 is 0 Å². The zero-order chi connectivity index (χ0) is 28.5. The third kappa shape index (κ3) is 5.84. The molecular weight excluding hydrogens is 492 g/mol. The Morgan fingerprint density at radius 2 is 1.50 bits per heavy atom. The molecule has 0 saturated carbocycles. The van der Waals surface area contributed by atoms with E-state index in [1.54, 1.807) is 71.9 Å². The summed E-state index contributed by atoms with van der Waals surface area (Å²) in [5.74, 6) is -2.84. The van der Waals surface area contributed by atoms with E-state index in [9.17, 15) is 14.4 Å². The standard InChI is InChI=1S/C29H36O9/c1-27(2,3)25(31)36-21-12-10-11-19-18(21)13-14-20(23(19)37-26(32)28(4,5)6)29(35-9)16-17(33-7)15-22(38-29)24(30)34-8/h10-15,17H,16H2,1-9H3/t17-,29-/m0/s1. The summed E-state index contributed by atoms with van der Waals surface area (Å²) >= 11 is 0. The fourth-order valence-corrected chi connectivity index (χ4v) is 3.81. The number of benzene rings is 2. The third-order valence-corrected chi connectivity index (χ3v) is 6.11. The quantitative estimate of drug-likeness (QED) is 0.377. The second kappa shape index (κ2) is 10.7. The molecule has 0 N–H and O–H groups in total. The molecule has 0 bridgehead atoms. The van der Waals surface area contributed by atoms with E-state index in [1.807, 2.05) is 0 Å². The molecule has 0 unspecified atom stereocenters. The van der Waals surface area contributed by atoms with Crippen molar-refractivity contribution in [2.45, 2.75) is 59.9 Å². The normalized spacial score (nSPS) is 19.8. The van der Waals surface area contributed by atoms with Crippen molar-refractivity contribution in [3.05, 3.63) is 47.7 Å². The van der Waals surface area contributed by atoms with Gasteiger partial charge >= 0.3 is 17.9 Å². The summed E-state index contributed by atoms with van der Waals surface area (Å²) in [4.78, 5) is 38.2. The number of rotatable bonds is 6. The Kier molecular flexibility index (Phi) is 8.24. The van der Waals surface area contributed by atoms with Crippen LogP contribution in [0.4, 0.5) is 0 Å². The molecule has 38 heavy (non-hydrogen) atoms. The molecule has 0 amide bonds. The average molecular weight is 529 g/mol. The number of esters is 3. The van der Waals surface area contributed by atoms with Crippen LogP contribution in [0.3, 0.4) is 0 Å². The smallest absolute Gasteiger partial charge is 0.373 e. The molecule has 0 aromatic heterocycles. The van der Waals surface area contributed by atoms with Gasteiger partial charge in [0.2, 0.25) is 11.5 Å². The summed E-state index contributed by atoms with van der Waals surface area (Å²) < 4.78 is 34.1. The highest BCUT2D eigenvalue weighted by molar-refractivity contribution is 5.97. The van der Waals surface area contributed by atoms with Crippen molar-refractivity contribution >= 4 is 28.7 Å². The maximum Gasteiger partial charge on any atom is 0.373 e. The Morgan fingerprint density at radius 1 is 0.868 bits per heavy atom. The van der Waals surface area contributed by atoms with Gasteiger partial charge in [0, 0.05) is 31.4 Å². The second-order valence-electron chi connectivity index (χ2n) is 11.1. The van der Waals surface area contributed by atoms with E-state index in [4.69, 9.17) is 28.4 Å². The van der Waals surface area contributed by atoms with Gasteiger partial charge in [0.05, 0.1) is 29.6 Å². The van der Waals surface area contributed by atoms with Crippen LogP contribution in [0.25, 0.3) is 10.8 Å². The lowest BCUT2D eigenvalue weighted by Crippen LogP contribution is -2.41. The minimum Gasteiger partial charge on any atom is -0.463 e. The van der Waals surface area contributed by atoms with Gasteiger partial charge in [0.25, 0.3) is 0 Å². The lowest BCUT2D eigenvalue weighted by atomic mass is 9.92. The molecule has 9 heteroatoms. The lowest BCUT2D eigenvalue weighted by molar-refractivity contribution is -0.236.